The molecule has 1 heterocycles. The first-order valence-electron chi connectivity index (χ1n) is 9.75. The van der Waals surface area contributed by atoms with Gasteiger partial charge in [-0.15, -0.1) is 10.2 Å². The molecule has 162 valence electrons. The summed E-state index contributed by atoms with van der Waals surface area (Å²) in [6, 6.07) is 19.5. The average molecular weight is 450 g/mol. The Balaban J connectivity index is 1.71. The maximum atomic E-state index is 12.6. The summed E-state index contributed by atoms with van der Waals surface area (Å²) in [5.41, 5.74) is 2.08. The van der Waals surface area contributed by atoms with Gasteiger partial charge in [0.15, 0.2) is 17.2 Å². The van der Waals surface area contributed by atoms with Crippen LogP contribution in [0.1, 0.15) is 15.9 Å². The minimum atomic E-state index is -0.576. The molecule has 0 bridgehead atoms. The second kappa shape index (κ2) is 9.11. The van der Waals surface area contributed by atoms with Gasteiger partial charge in [-0.2, -0.15) is 0 Å². The van der Waals surface area contributed by atoms with Crippen LogP contribution >= 0.6 is 11.6 Å². The Morgan fingerprint density at radius 1 is 1.00 bits per heavy atom. The molecule has 0 unspecified atom stereocenters. The topological polar surface area (TPSA) is 85.4 Å². The number of carbonyl (C=O) groups excluding carboxylic acids is 1. The van der Waals surface area contributed by atoms with Gasteiger partial charge >= 0.3 is 0 Å². The number of hydrogen-bond acceptors (Lipinski definition) is 5. The number of amides is 1. The van der Waals surface area contributed by atoms with Crippen molar-refractivity contribution < 1.29 is 19.4 Å². The molecule has 32 heavy (non-hydrogen) atoms. The molecular formula is C24H20ClN3O4. The summed E-state index contributed by atoms with van der Waals surface area (Å²) in [5, 5.41) is 20.1. The highest BCUT2D eigenvalue weighted by molar-refractivity contribution is 6.31. The Morgan fingerprint density at radius 3 is 2.47 bits per heavy atom. The van der Waals surface area contributed by atoms with E-state index in [-0.39, 0.29) is 17.1 Å². The van der Waals surface area contributed by atoms with Crippen molar-refractivity contribution in [3.8, 4) is 17.4 Å². The largest absolute Gasteiger partial charge is 0.493 e. The van der Waals surface area contributed by atoms with Crippen LogP contribution in [0, 0.1) is 0 Å². The second-order valence-electron chi connectivity index (χ2n) is 6.94. The number of fused-ring (bicyclic) bond motifs is 1. The highest BCUT2D eigenvalue weighted by Gasteiger charge is 2.18. The van der Waals surface area contributed by atoms with Crippen LogP contribution in [-0.4, -0.2) is 29.8 Å². The van der Waals surface area contributed by atoms with Gasteiger partial charge in [-0.25, -0.2) is 0 Å². The Kier molecular flexibility index (Phi) is 6.09. The van der Waals surface area contributed by atoms with Crippen molar-refractivity contribution in [2.24, 2.45) is 10.2 Å². The predicted octanol–water partition coefficient (Wildman–Crippen LogP) is 5.99. The number of ether oxygens (including phenoxy) is 2. The van der Waals surface area contributed by atoms with Crippen molar-refractivity contribution >= 4 is 34.1 Å². The summed E-state index contributed by atoms with van der Waals surface area (Å²) in [7, 11) is 3.00. The molecule has 0 spiro atoms. The molecule has 0 aliphatic rings. The normalized spacial score (nSPS) is 11.2. The van der Waals surface area contributed by atoms with E-state index in [4.69, 9.17) is 21.1 Å². The van der Waals surface area contributed by atoms with Gasteiger partial charge in [-0.1, -0.05) is 48.0 Å². The molecular weight excluding hydrogens is 430 g/mol. The smallest absolute Gasteiger partial charge is 0.295 e. The van der Waals surface area contributed by atoms with Gasteiger partial charge in [0.25, 0.3) is 5.91 Å². The first kappa shape index (κ1) is 21.4. The van der Waals surface area contributed by atoms with Crippen LogP contribution in [0.25, 0.3) is 10.9 Å². The van der Waals surface area contributed by atoms with Crippen molar-refractivity contribution in [3.63, 3.8) is 0 Å². The number of nitrogens with zero attached hydrogens (tertiary/aromatic N) is 3. The van der Waals surface area contributed by atoms with Crippen LogP contribution in [-0.2, 0) is 6.54 Å². The third-order valence-electron chi connectivity index (χ3n) is 5.08. The van der Waals surface area contributed by atoms with Gasteiger partial charge in [0.05, 0.1) is 26.3 Å². The van der Waals surface area contributed by atoms with Crippen molar-refractivity contribution in [2.45, 2.75) is 6.54 Å². The molecule has 1 aromatic heterocycles. The fourth-order valence-corrected chi connectivity index (χ4v) is 3.65. The monoisotopic (exact) mass is 449 g/mol. The predicted molar refractivity (Wildman–Crippen MR) is 123 cm³/mol. The summed E-state index contributed by atoms with van der Waals surface area (Å²) in [6.45, 7) is 0.338. The summed E-state index contributed by atoms with van der Waals surface area (Å²) in [4.78, 5) is 12.6. The maximum absolute atomic E-state index is 12.6. The fraction of sp³-hybridized carbons (Fsp3) is 0.125. The molecule has 0 saturated carbocycles. The van der Waals surface area contributed by atoms with Crippen LogP contribution in [0.3, 0.4) is 0 Å². The second-order valence-corrected chi connectivity index (χ2v) is 7.35. The summed E-state index contributed by atoms with van der Waals surface area (Å²) in [5.74, 6) is 0.234. The van der Waals surface area contributed by atoms with E-state index < -0.39 is 5.91 Å². The van der Waals surface area contributed by atoms with Crippen molar-refractivity contribution in [1.29, 1.82) is 0 Å². The lowest BCUT2D eigenvalue weighted by atomic mass is 10.2. The zero-order valence-corrected chi connectivity index (χ0v) is 18.2. The lowest BCUT2D eigenvalue weighted by molar-refractivity contribution is 0.0994. The third kappa shape index (κ3) is 4.02. The number of halogens is 1. The van der Waals surface area contributed by atoms with Crippen molar-refractivity contribution in [1.82, 2.24) is 4.57 Å². The number of methoxy groups -OCH3 is 2. The lowest BCUT2D eigenvalue weighted by Crippen LogP contribution is -1.99. The minimum absolute atomic E-state index is 0.102. The molecule has 0 aliphatic heterocycles. The van der Waals surface area contributed by atoms with Crippen molar-refractivity contribution in [3.05, 3.63) is 82.9 Å². The summed E-state index contributed by atoms with van der Waals surface area (Å²) < 4.78 is 12.1. The number of aromatic nitrogens is 1. The Hall–Kier alpha value is -3.84. The molecule has 4 aromatic rings. The molecule has 7 nitrogen and oxygen atoms in total. The number of azo groups is 1. The molecule has 3 aromatic carbocycles. The van der Waals surface area contributed by atoms with E-state index in [1.807, 2.05) is 42.5 Å². The van der Waals surface area contributed by atoms with Crippen molar-refractivity contribution in [2.75, 3.05) is 14.2 Å². The average Bonchev–Trinajstić information content (AvgIpc) is 3.09. The molecule has 0 fully saturated rings. The number of para-hydroxylation sites is 1. The molecule has 1 N–H and O–H groups in total. The van der Waals surface area contributed by atoms with Gasteiger partial charge in [-0.05, 0) is 35.9 Å². The van der Waals surface area contributed by atoms with E-state index in [2.05, 4.69) is 10.2 Å². The number of benzene rings is 3. The Labute approximate surface area is 189 Å². The molecule has 4 rings (SSSR count). The molecule has 1 amide bonds. The van der Waals surface area contributed by atoms with Gasteiger partial charge in [0.1, 0.15) is 0 Å². The van der Waals surface area contributed by atoms with Crippen LogP contribution in [0.2, 0.25) is 5.02 Å². The molecule has 0 atom stereocenters. The van der Waals surface area contributed by atoms with Gasteiger partial charge in [-0.3, -0.25) is 4.79 Å². The third-order valence-corrected chi connectivity index (χ3v) is 5.44. The highest BCUT2D eigenvalue weighted by Crippen LogP contribution is 2.39. The molecule has 0 saturated heterocycles. The molecule has 8 heteroatoms. The SMILES string of the molecule is COc1ccc(C(=O)N=Nc2c(O)n(Cc3ccccc3Cl)c3ccccc23)cc1OC. The van der Waals surface area contributed by atoms with Crippen LogP contribution in [0.15, 0.2) is 77.0 Å². The zero-order valence-electron chi connectivity index (χ0n) is 17.4. The highest BCUT2D eigenvalue weighted by atomic mass is 35.5. The standard InChI is InChI=1S/C24H20ClN3O4/c1-31-20-12-11-15(13-21(20)32-2)23(29)27-26-22-17-8-4-6-10-19(17)28(24(22)30)14-16-7-3-5-9-18(16)25/h3-13,30H,14H2,1-2H3. The van der Waals surface area contributed by atoms with E-state index >= 15 is 0 Å². The quantitative estimate of drug-likeness (QED) is 0.366. The fourth-order valence-electron chi connectivity index (χ4n) is 3.45. The number of rotatable bonds is 6. The minimum Gasteiger partial charge on any atom is -0.493 e. The van der Waals surface area contributed by atoms with Gasteiger partial charge in [0.2, 0.25) is 5.88 Å². The maximum Gasteiger partial charge on any atom is 0.295 e. The summed E-state index contributed by atoms with van der Waals surface area (Å²) >= 11 is 6.30. The van der Waals surface area contributed by atoms with E-state index in [1.54, 1.807) is 22.8 Å². The molecule has 0 aliphatic carbocycles. The first-order chi connectivity index (χ1) is 15.5. The van der Waals surface area contributed by atoms with E-state index in [1.165, 1.54) is 20.3 Å². The number of carbonyl (C=O) groups is 1. The van der Waals surface area contributed by atoms with Crippen LogP contribution in [0.4, 0.5) is 5.69 Å². The number of aromatic hydroxyl groups is 1. The Bertz CT molecular complexity index is 1330. The zero-order chi connectivity index (χ0) is 22.7. The van der Waals surface area contributed by atoms with E-state index in [0.717, 1.165) is 11.1 Å². The summed E-state index contributed by atoms with van der Waals surface area (Å²) in [6.07, 6.45) is 0. The van der Waals surface area contributed by atoms with E-state index in [0.29, 0.717) is 28.5 Å². The Morgan fingerprint density at radius 2 is 1.72 bits per heavy atom. The molecule has 0 radical (unpaired) electrons. The van der Waals surface area contributed by atoms with Gasteiger partial charge in [0, 0.05) is 16.0 Å². The van der Waals surface area contributed by atoms with Crippen LogP contribution < -0.4 is 9.47 Å². The number of hydrogen-bond donors (Lipinski definition) is 1. The van der Waals surface area contributed by atoms with E-state index in [9.17, 15) is 9.90 Å². The van der Waals surface area contributed by atoms with Gasteiger partial charge < -0.3 is 19.1 Å². The van der Waals surface area contributed by atoms with Crippen LogP contribution in [0.5, 0.6) is 17.4 Å². The lowest BCUT2D eigenvalue weighted by Gasteiger charge is -2.08. The first-order valence-corrected chi connectivity index (χ1v) is 10.1.